The van der Waals surface area contributed by atoms with Gasteiger partial charge in [-0.3, -0.25) is 0 Å². The molecular weight excluding hydrogens is 135 g/mol. The summed E-state index contributed by atoms with van der Waals surface area (Å²) in [4.78, 5) is 0. The molecule has 1 aromatic rings. The molecule has 0 aromatic heterocycles. The van der Waals surface area contributed by atoms with Gasteiger partial charge in [0.2, 0.25) is 0 Å². The van der Waals surface area contributed by atoms with Crippen molar-refractivity contribution in [1.82, 2.24) is 0 Å². The van der Waals surface area contributed by atoms with E-state index in [4.69, 9.17) is 0 Å². The average Bonchev–Trinajstić information content (AvgIpc) is 1.77. The first kappa shape index (κ1) is 9.86. The monoisotopic (exact) mass is 146 g/mol. The van der Waals surface area contributed by atoms with Gasteiger partial charge in [-0.15, -0.1) is 0 Å². The fourth-order valence-corrected chi connectivity index (χ4v) is 0.663. The van der Waals surface area contributed by atoms with E-state index < -0.39 is 0 Å². The molecule has 1 aromatic carbocycles. The number of rotatable bonds is 0. The van der Waals surface area contributed by atoms with Crippen LogP contribution in [0.15, 0.2) is 24.3 Å². The summed E-state index contributed by atoms with van der Waals surface area (Å²) in [5, 5.41) is 0. The second kappa shape index (κ2) is 4.64. The van der Waals surface area contributed by atoms with Gasteiger partial charge in [0, 0.05) is 0 Å². The van der Waals surface area contributed by atoms with E-state index in [1.165, 1.54) is 11.1 Å². The van der Waals surface area contributed by atoms with E-state index in [9.17, 15) is 0 Å². The Hall–Kier alpha value is 0.856. The standard InChI is InChI=1S/C8H10.K.H/c1-7-5-3-4-6-8(7)2;;/h3-6H,1-2H3;;. The van der Waals surface area contributed by atoms with E-state index in [1.807, 2.05) is 0 Å². The molecule has 1 rings (SSSR count). The summed E-state index contributed by atoms with van der Waals surface area (Å²) in [6.07, 6.45) is 0. The summed E-state index contributed by atoms with van der Waals surface area (Å²) in [6.45, 7) is 4.24. The molecule has 1 heteroatoms. The van der Waals surface area contributed by atoms with Crippen molar-refractivity contribution in [2.75, 3.05) is 0 Å². The van der Waals surface area contributed by atoms with Gasteiger partial charge in [0.05, 0.1) is 0 Å². The summed E-state index contributed by atoms with van der Waals surface area (Å²) in [5.74, 6) is 0. The predicted molar refractivity (Wildman–Crippen MR) is 43.1 cm³/mol. The van der Waals surface area contributed by atoms with Crippen molar-refractivity contribution in [2.45, 2.75) is 13.8 Å². The van der Waals surface area contributed by atoms with Crippen LogP contribution in [0.3, 0.4) is 0 Å². The Bertz CT molecular complexity index is 161. The second-order valence-corrected chi connectivity index (χ2v) is 2.08. The molecule has 0 saturated carbocycles. The van der Waals surface area contributed by atoms with Crippen molar-refractivity contribution in [1.29, 1.82) is 0 Å². The van der Waals surface area contributed by atoms with Crippen LogP contribution < -0.4 is 0 Å². The summed E-state index contributed by atoms with van der Waals surface area (Å²) in [7, 11) is 0. The van der Waals surface area contributed by atoms with Crippen LogP contribution in [0.2, 0.25) is 0 Å². The number of benzene rings is 1. The number of hydrogen-bond acceptors (Lipinski definition) is 0. The molecule has 0 spiro atoms. The van der Waals surface area contributed by atoms with E-state index in [1.54, 1.807) is 0 Å². The van der Waals surface area contributed by atoms with Gasteiger partial charge in [0.1, 0.15) is 0 Å². The molecule has 0 fully saturated rings. The fourth-order valence-electron chi connectivity index (χ4n) is 0.663. The molecule has 0 aliphatic heterocycles. The van der Waals surface area contributed by atoms with E-state index in [0.29, 0.717) is 0 Å². The van der Waals surface area contributed by atoms with Crippen molar-refractivity contribution < 1.29 is 0 Å². The Morgan fingerprint density at radius 3 is 1.44 bits per heavy atom. The third-order valence-corrected chi connectivity index (χ3v) is 1.43. The Balaban J connectivity index is 0.000000640. The van der Waals surface area contributed by atoms with Crippen molar-refractivity contribution >= 4 is 51.4 Å². The van der Waals surface area contributed by atoms with Crippen LogP contribution in [0.5, 0.6) is 0 Å². The zero-order valence-electron chi connectivity index (χ0n) is 5.31. The molecule has 0 bridgehead atoms. The topological polar surface area (TPSA) is 0 Å². The molecule has 0 nitrogen and oxygen atoms in total. The maximum atomic E-state index is 2.12. The molecule has 0 atom stereocenters. The molecule has 0 radical (unpaired) electrons. The van der Waals surface area contributed by atoms with E-state index in [-0.39, 0.29) is 51.4 Å². The minimum absolute atomic E-state index is 0. The molecule has 0 aliphatic carbocycles. The van der Waals surface area contributed by atoms with Gasteiger partial charge in [0.25, 0.3) is 0 Å². The van der Waals surface area contributed by atoms with Crippen molar-refractivity contribution in [3.8, 4) is 0 Å². The predicted octanol–water partition coefficient (Wildman–Crippen LogP) is 1.65. The van der Waals surface area contributed by atoms with Gasteiger partial charge < -0.3 is 0 Å². The molecule has 0 amide bonds. The van der Waals surface area contributed by atoms with Gasteiger partial charge in [-0.1, -0.05) is 24.3 Å². The quantitative estimate of drug-likeness (QED) is 0.488. The summed E-state index contributed by atoms with van der Waals surface area (Å²) >= 11 is 0. The zero-order chi connectivity index (χ0) is 5.98. The second-order valence-electron chi connectivity index (χ2n) is 2.08. The first-order valence-electron chi connectivity index (χ1n) is 2.83. The minimum atomic E-state index is 0. The van der Waals surface area contributed by atoms with Crippen molar-refractivity contribution in [2.24, 2.45) is 0 Å². The maximum absolute atomic E-state index is 2.12. The van der Waals surface area contributed by atoms with Gasteiger partial charge in [0.15, 0.2) is 0 Å². The van der Waals surface area contributed by atoms with Crippen LogP contribution in [0, 0.1) is 13.8 Å². The Morgan fingerprint density at radius 1 is 0.889 bits per heavy atom. The molecule has 0 heterocycles. The molecule has 44 valence electrons. The van der Waals surface area contributed by atoms with Gasteiger partial charge in [-0.25, -0.2) is 0 Å². The van der Waals surface area contributed by atoms with E-state index >= 15 is 0 Å². The number of hydrogen-bond donors (Lipinski definition) is 0. The Kier molecular flexibility index (Phi) is 5.08. The van der Waals surface area contributed by atoms with Crippen molar-refractivity contribution in [3.63, 3.8) is 0 Å². The SMILES string of the molecule is Cc1ccccc1C.[KH]. The summed E-state index contributed by atoms with van der Waals surface area (Å²) in [6, 6.07) is 8.36. The fraction of sp³-hybridized carbons (Fsp3) is 0.250. The molecule has 0 N–H and O–H groups in total. The molecule has 0 aliphatic rings. The third-order valence-electron chi connectivity index (χ3n) is 1.43. The Labute approximate surface area is 99.1 Å². The van der Waals surface area contributed by atoms with Gasteiger partial charge in [-0.05, 0) is 25.0 Å². The normalized spacial score (nSPS) is 8.22. The van der Waals surface area contributed by atoms with Crippen LogP contribution in [-0.4, -0.2) is 51.4 Å². The van der Waals surface area contributed by atoms with Crippen LogP contribution in [0.4, 0.5) is 0 Å². The van der Waals surface area contributed by atoms with Gasteiger partial charge >= 0.3 is 51.4 Å². The molecular formula is C8H11K. The zero-order valence-corrected chi connectivity index (χ0v) is 5.31. The summed E-state index contributed by atoms with van der Waals surface area (Å²) in [5.41, 5.74) is 2.74. The van der Waals surface area contributed by atoms with E-state index in [0.717, 1.165) is 0 Å². The average molecular weight is 146 g/mol. The van der Waals surface area contributed by atoms with Crippen LogP contribution >= 0.6 is 0 Å². The first-order valence-corrected chi connectivity index (χ1v) is 2.83. The summed E-state index contributed by atoms with van der Waals surface area (Å²) < 4.78 is 0. The van der Waals surface area contributed by atoms with Gasteiger partial charge in [-0.2, -0.15) is 0 Å². The third kappa shape index (κ3) is 2.96. The van der Waals surface area contributed by atoms with Crippen molar-refractivity contribution in [3.05, 3.63) is 35.4 Å². The molecule has 0 saturated heterocycles. The number of aryl methyl sites for hydroxylation is 2. The Morgan fingerprint density at radius 2 is 1.22 bits per heavy atom. The molecule has 0 unspecified atom stereocenters. The molecule has 9 heavy (non-hydrogen) atoms. The van der Waals surface area contributed by atoms with Crippen LogP contribution in [0.25, 0.3) is 0 Å². The van der Waals surface area contributed by atoms with E-state index in [2.05, 4.69) is 38.1 Å². The van der Waals surface area contributed by atoms with Crippen LogP contribution in [-0.2, 0) is 0 Å². The van der Waals surface area contributed by atoms with Crippen LogP contribution in [0.1, 0.15) is 11.1 Å². The first-order chi connectivity index (χ1) is 3.80.